The van der Waals surface area contributed by atoms with Crippen LogP contribution in [0.3, 0.4) is 0 Å². The van der Waals surface area contributed by atoms with Gasteiger partial charge in [-0.1, -0.05) is 80.3 Å². The van der Waals surface area contributed by atoms with E-state index in [0.29, 0.717) is 31.7 Å². The average molecular weight is 641 g/mol. The third-order valence-electron chi connectivity index (χ3n) is 9.95. The molecule has 1 aromatic carbocycles. The molecule has 2 saturated heterocycles. The number of carboxylic acids is 1. The first-order valence-electron chi connectivity index (χ1n) is 17.9. The molecule has 1 N–H and O–H groups in total. The van der Waals surface area contributed by atoms with E-state index in [1.54, 1.807) is 0 Å². The van der Waals surface area contributed by atoms with Crippen molar-refractivity contribution in [2.24, 2.45) is 23.7 Å². The van der Waals surface area contributed by atoms with E-state index >= 15 is 0 Å². The summed E-state index contributed by atoms with van der Waals surface area (Å²) in [6.45, 7) is 4.82. The molecule has 3 unspecified atom stereocenters. The predicted molar refractivity (Wildman–Crippen MR) is 176 cm³/mol. The minimum atomic E-state index is -0.953. The molecule has 2 aliphatic carbocycles. The lowest BCUT2D eigenvalue weighted by Gasteiger charge is -2.30. The van der Waals surface area contributed by atoms with Crippen LogP contribution in [0.2, 0.25) is 0 Å². The maximum atomic E-state index is 11.2. The third-order valence-corrected chi connectivity index (χ3v) is 9.95. The molecule has 0 spiro atoms. The summed E-state index contributed by atoms with van der Waals surface area (Å²) in [6, 6.07) is 10.1. The number of hydrogen-bond donors (Lipinski definition) is 1. The van der Waals surface area contributed by atoms with Gasteiger partial charge in [-0.15, -0.1) is 0 Å². The highest BCUT2D eigenvalue weighted by Gasteiger charge is 2.46. The number of carboxylic acid groups (broad SMARTS) is 1. The Kier molecular flexibility index (Phi) is 14.6. The fraction of sp³-hybridized carbons (Fsp3) is 0.711. The highest BCUT2D eigenvalue weighted by atomic mass is 16.7. The standard InChI is InChI=1S/C38H56O8/c1-2-3-5-14-32(45-37-15-8-10-19-43-37)17-18-33-34-22-29(21-30(34)23-35(33)46-38-16-9-11-20-44-38)31(26-42-27-36(39)40)25-41-24-28-12-6-4-7-13-28/h4,6-7,12-13,17-18,21,30-35,37-38H,2-3,5,8-11,14-16,19-20,22-27H2,1H3,(H,39,40)/b18-17+/t30-,31?,32-,33+,34-,35+,37?,38?/m0/s1. The Bertz CT molecular complexity index is 1080. The lowest BCUT2D eigenvalue weighted by atomic mass is 9.87. The maximum absolute atomic E-state index is 11.2. The van der Waals surface area contributed by atoms with Gasteiger partial charge in [0.1, 0.15) is 6.61 Å². The average Bonchev–Trinajstić information content (AvgIpc) is 3.62. The first-order chi connectivity index (χ1) is 22.6. The van der Waals surface area contributed by atoms with Crippen LogP contribution in [0.25, 0.3) is 0 Å². The number of ether oxygens (including phenoxy) is 6. The van der Waals surface area contributed by atoms with Crippen molar-refractivity contribution in [1.82, 2.24) is 0 Å². The number of allylic oxidation sites excluding steroid dienone is 1. The van der Waals surface area contributed by atoms with Gasteiger partial charge in [0.25, 0.3) is 0 Å². The van der Waals surface area contributed by atoms with Crippen molar-refractivity contribution in [1.29, 1.82) is 0 Å². The van der Waals surface area contributed by atoms with E-state index in [2.05, 4.69) is 37.3 Å². The van der Waals surface area contributed by atoms with Crippen LogP contribution in [0.1, 0.15) is 89.5 Å². The van der Waals surface area contributed by atoms with E-state index in [4.69, 9.17) is 28.4 Å². The number of fused-ring (bicyclic) bond motifs is 1. The van der Waals surface area contributed by atoms with Gasteiger partial charge in [-0.2, -0.15) is 0 Å². The van der Waals surface area contributed by atoms with Crippen LogP contribution in [0, 0.1) is 23.7 Å². The van der Waals surface area contributed by atoms with Crippen LogP contribution < -0.4 is 0 Å². The fourth-order valence-electron chi connectivity index (χ4n) is 7.50. The second-order valence-electron chi connectivity index (χ2n) is 13.5. The molecular weight excluding hydrogens is 584 g/mol. The van der Waals surface area contributed by atoms with E-state index in [1.165, 1.54) is 18.4 Å². The molecule has 8 atom stereocenters. The summed E-state index contributed by atoms with van der Waals surface area (Å²) < 4.78 is 37.0. The summed E-state index contributed by atoms with van der Waals surface area (Å²) in [5.74, 6) is 0.0758. The van der Waals surface area contributed by atoms with E-state index < -0.39 is 5.97 Å². The van der Waals surface area contributed by atoms with Gasteiger partial charge < -0.3 is 33.5 Å². The van der Waals surface area contributed by atoms with Gasteiger partial charge in [-0.25, -0.2) is 4.79 Å². The summed E-state index contributed by atoms with van der Waals surface area (Å²) in [7, 11) is 0. The van der Waals surface area contributed by atoms with Crippen molar-refractivity contribution in [2.45, 2.75) is 115 Å². The summed E-state index contributed by atoms with van der Waals surface area (Å²) in [6.07, 6.45) is 19.8. The van der Waals surface area contributed by atoms with Crippen molar-refractivity contribution in [3.63, 3.8) is 0 Å². The molecule has 0 bridgehead atoms. The van der Waals surface area contributed by atoms with Crippen molar-refractivity contribution in [3.8, 4) is 0 Å². The van der Waals surface area contributed by atoms with Crippen LogP contribution in [-0.2, 0) is 39.8 Å². The Morgan fingerprint density at radius 3 is 2.48 bits per heavy atom. The molecule has 1 saturated carbocycles. The van der Waals surface area contributed by atoms with Crippen molar-refractivity contribution >= 4 is 5.97 Å². The fourth-order valence-corrected chi connectivity index (χ4v) is 7.50. The molecule has 5 rings (SSSR count). The van der Waals surface area contributed by atoms with Gasteiger partial charge in [0, 0.05) is 25.0 Å². The molecule has 1 aromatic rings. The SMILES string of the molecule is CCCCC[C@@H](/C=C/[C@@H]1[C@H]2CC(C(COCC(=O)O)COCc3ccccc3)=C[C@H]2C[C@H]1OC1CCCCO1)OC1CCCCO1. The van der Waals surface area contributed by atoms with Gasteiger partial charge in [0.15, 0.2) is 12.6 Å². The smallest absolute Gasteiger partial charge is 0.329 e. The number of aliphatic carboxylic acids is 1. The van der Waals surface area contributed by atoms with Gasteiger partial charge in [0.05, 0.1) is 32.0 Å². The Balaban J connectivity index is 1.28. The Hall–Kier alpha value is -2.07. The summed E-state index contributed by atoms with van der Waals surface area (Å²) in [4.78, 5) is 11.2. The van der Waals surface area contributed by atoms with Gasteiger partial charge in [-0.3, -0.25) is 0 Å². The predicted octanol–water partition coefficient (Wildman–Crippen LogP) is 7.46. The Morgan fingerprint density at radius 2 is 1.76 bits per heavy atom. The molecule has 0 radical (unpaired) electrons. The number of carbonyl (C=O) groups is 1. The van der Waals surface area contributed by atoms with E-state index in [-0.39, 0.29) is 43.2 Å². The highest BCUT2D eigenvalue weighted by molar-refractivity contribution is 5.68. The van der Waals surface area contributed by atoms with Crippen molar-refractivity contribution < 1.29 is 38.3 Å². The topological polar surface area (TPSA) is 92.7 Å². The number of benzene rings is 1. The monoisotopic (exact) mass is 640 g/mol. The Morgan fingerprint density at radius 1 is 1.00 bits per heavy atom. The van der Waals surface area contributed by atoms with Crippen LogP contribution in [0.5, 0.6) is 0 Å². The third kappa shape index (κ3) is 11.0. The molecule has 8 nitrogen and oxygen atoms in total. The van der Waals surface area contributed by atoms with Crippen LogP contribution in [-0.4, -0.2) is 68.9 Å². The molecule has 2 aliphatic heterocycles. The number of hydrogen-bond acceptors (Lipinski definition) is 7. The molecular formula is C38H56O8. The molecule has 46 heavy (non-hydrogen) atoms. The van der Waals surface area contributed by atoms with E-state index in [9.17, 15) is 9.90 Å². The molecule has 2 heterocycles. The van der Waals surface area contributed by atoms with Crippen molar-refractivity contribution in [3.05, 3.63) is 59.7 Å². The zero-order valence-electron chi connectivity index (χ0n) is 27.8. The summed E-state index contributed by atoms with van der Waals surface area (Å²) >= 11 is 0. The van der Waals surface area contributed by atoms with Crippen molar-refractivity contribution in [2.75, 3.05) is 33.0 Å². The zero-order chi connectivity index (χ0) is 32.0. The second kappa shape index (κ2) is 19.1. The lowest BCUT2D eigenvalue weighted by molar-refractivity contribution is -0.193. The quantitative estimate of drug-likeness (QED) is 0.123. The maximum Gasteiger partial charge on any atom is 0.329 e. The van der Waals surface area contributed by atoms with Crippen LogP contribution in [0.4, 0.5) is 0 Å². The van der Waals surface area contributed by atoms with Gasteiger partial charge in [0.2, 0.25) is 0 Å². The molecule has 4 aliphatic rings. The summed E-state index contributed by atoms with van der Waals surface area (Å²) in [5, 5.41) is 9.20. The zero-order valence-corrected chi connectivity index (χ0v) is 27.8. The molecule has 3 fully saturated rings. The van der Waals surface area contributed by atoms with E-state index in [1.807, 2.05) is 18.2 Å². The molecule has 8 heteroatoms. The van der Waals surface area contributed by atoms with Crippen LogP contribution in [0.15, 0.2) is 54.1 Å². The first-order valence-corrected chi connectivity index (χ1v) is 17.9. The second-order valence-corrected chi connectivity index (χ2v) is 13.5. The highest BCUT2D eigenvalue weighted by Crippen LogP contribution is 2.50. The Labute approximate surface area is 275 Å². The minimum Gasteiger partial charge on any atom is -0.480 e. The number of unbranched alkanes of at least 4 members (excludes halogenated alkanes) is 2. The molecule has 0 aromatic heterocycles. The van der Waals surface area contributed by atoms with E-state index in [0.717, 1.165) is 83.0 Å². The van der Waals surface area contributed by atoms with Crippen LogP contribution >= 0.6 is 0 Å². The largest absolute Gasteiger partial charge is 0.480 e. The lowest BCUT2D eigenvalue weighted by Crippen LogP contribution is -2.31. The molecule has 0 amide bonds. The normalized spacial score (nSPS) is 29.5. The number of rotatable bonds is 19. The van der Waals surface area contributed by atoms with Gasteiger partial charge in [-0.05, 0) is 75.2 Å². The summed E-state index contributed by atoms with van der Waals surface area (Å²) in [5.41, 5.74) is 2.43. The minimum absolute atomic E-state index is 0.00733. The van der Waals surface area contributed by atoms with Gasteiger partial charge >= 0.3 is 5.97 Å². The molecule has 256 valence electrons. The first kappa shape index (κ1) is 35.2.